The van der Waals surface area contributed by atoms with E-state index in [2.05, 4.69) is 20.9 Å². The maximum absolute atomic E-state index is 13.8. The van der Waals surface area contributed by atoms with Gasteiger partial charge in [0.25, 0.3) is 11.5 Å². The van der Waals surface area contributed by atoms with Gasteiger partial charge in [0.05, 0.1) is 24.4 Å². The molecule has 192 valence electrons. The first-order valence-electron chi connectivity index (χ1n) is 12.5. The predicted molar refractivity (Wildman–Crippen MR) is 157 cm³/mol. The Kier molecular flexibility index (Phi) is 6.59. The molecule has 1 aromatic heterocycles. The summed E-state index contributed by atoms with van der Waals surface area (Å²) < 4.78 is 6.16. The Hall–Kier alpha value is -4.49. The molecule has 4 aromatic carbocycles. The molecule has 0 unspecified atom stereocenters. The van der Waals surface area contributed by atoms with Crippen LogP contribution in [0.5, 0.6) is 5.75 Å². The molecule has 39 heavy (non-hydrogen) atoms. The van der Waals surface area contributed by atoms with E-state index in [1.54, 1.807) is 31.4 Å². The van der Waals surface area contributed by atoms with Crippen molar-refractivity contribution in [3.05, 3.63) is 135 Å². The van der Waals surface area contributed by atoms with E-state index in [1.807, 2.05) is 78.9 Å². The summed E-state index contributed by atoms with van der Waals surface area (Å²) in [5.41, 5.74) is 4.65. The second-order valence-electron chi connectivity index (χ2n) is 9.32. The first kappa shape index (κ1) is 24.8. The van der Waals surface area contributed by atoms with Crippen molar-refractivity contribution in [2.24, 2.45) is 5.10 Å². The summed E-state index contributed by atoms with van der Waals surface area (Å²) in [6.07, 6.45) is 0.397. The van der Waals surface area contributed by atoms with Crippen LogP contribution in [0.3, 0.4) is 0 Å². The highest BCUT2D eigenvalue weighted by atomic mass is 79.9. The van der Waals surface area contributed by atoms with Crippen molar-refractivity contribution in [2.45, 2.75) is 12.5 Å². The Bertz CT molecular complexity index is 1760. The lowest BCUT2D eigenvalue weighted by atomic mass is 9.91. The van der Waals surface area contributed by atoms with E-state index in [0.717, 1.165) is 32.1 Å². The number of methoxy groups -OCH3 is 1. The Morgan fingerprint density at radius 1 is 0.923 bits per heavy atom. The van der Waals surface area contributed by atoms with Gasteiger partial charge in [0.2, 0.25) is 0 Å². The molecule has 0 saturated heterocycles. The molecule has 0 aliphatic carbocycles. The van der Waals surface area contributed by atoms with Crippen molar-refractivity contribution in [3.8, 4) is 16.9 Å². The summed E-state index contributed by atoms with van der Waals surface area (Å²) >= 11 is 3.59. The molecule has 0 saturated carbocycles. The van der Waals surface area contributed by atoms with E-state index < -0.39 is 0 Å². The monoisotopic (exact) mass is 577 g/mol. The molecule has 0 radical (unpaired) electrons. The molecule has 1 amide bonds. The third kappa shape index (κ3) is 4.66. The number of nitrogens with one attached hydrogen (secondary N) is 1. The van der Waals surface area contributed by atoms with Crippen LogP contribution in [0.2, 0.25) is 0 Å². The maximum Gasteiger partial charge on any atom is 0.274 e. The number of benzene rings is 4. The molecule has 6 nitrogen and oxygen atoms in total. The molecular weight excluding hydrogens is 554 g/mol. The van der Waals surface area contributed by atoms with Crippen molar-refractivity contribution in [1.29, 1.82) is 0 Å². The summed E-state index contributed by atoms with van der Waals surface area (Å²) in [6, 6.07) is 32.0. The number of aromatic amines is 1. The zero-order chi connectivity index (χ0) is 26.9. The fourth-order valence-electron chi connectivity index (χ4n) is 5.09. The standard InChI is InChI=1S/C32H24BrN3O3/c1-39-24-15-12-22(13-16-24)32(38)36-28(20-8-4-2-5-9-20)19-27(35-36)30-29(21-10-6-3-7-11-21)25-18-23(33)14-17-26(25)34-31(30)37/h2-18,28H,19H2,1H3,(H,34,37)/t28-/m1/s1. The third-order valence-electron chi connectivity index (χ3n) is 6.97. The van der Waals surface area contributed by atoms with Crippen molar-refractivity contribution in [3.63, 3.8) is 0 Å². The predicted octanol–water partition coefficient (Wildman–Crippen LogP) is 6.96. The van der Waals surface area contributed by atoms with Crippen LogP contribution in [0.25, 0.3) is 22.0 Å². The number of halogens is 1. The third-order valence-corrected chi connectivity index (χ3v) is 7.46. The molecule has 2 heterocycles. The van der Waals surface area contributed by atoms with Gasteiger partial charge < -0.3 is 9.72 Å². The van der Waals surface area contributed by atoms with Gasteiger partial charge in [-0.05, 0) is 53.6 Å². The lowest BCUT2D eigenvalue weighted by Crippen LogP contribution is -2.27. The smallest absolute Gasteiger partial charge is 0.274 e. The Labute approximate surface area is 233 Å². The van der Waals surface area contributed by atoms with Crippen molar-refractivity contribution < 1.29 is 9.53 Å². The van der Waals surface area contributed by atoms with Gasteiger partial charge in [-0.15, -0.1) is 0 Å². The quantitative estimate of drug-likeness (QED) is 0.245. The molecule has 1 aliphatic heterocycles. The number of fused-ring (bicyclic) bond motifs is 1. The highest BCUT2D eigenvalue weighted by molar-refractivity contribution is 9.10. The van der Waals surface area contributed by atoms with Gasteiger partial charge in [0.1, 0.15) is 5.75 Å². The zero-order valence-electron chi connectivity index (χ0n) is 21.1. The maximum atomic E-state index is 13.8. The van der Waals surface area contributed by atoms with Crippen LogP contribution in [-0.2, 0) is 0 Å². The number of nitrogens with zero attached hydrogens (tertiary/aromatic N) is 2. The SMILES string of the molecule is COc1ccc(C(=O)N2N=C(c3c(-c4ccccc4)c4cc(Br)ccc4[nH]c3=O)C[C@@H]2c2ccccc2)cc1. The van der Waals surface area contributed by atoms with E-state index in [-0.39, 0.29) is 17.5 Å². The first-order valence-corrected chi connectivity index (χ1v) is 13.3. The number of aromatic nitrogens is 1. The highest BCUT2D eigenvalue weighted by Crippen LogP contribution is 2.38. The van der Waals surface area contributed by atoms with Crippen molar-refractivity contribution in [1.82, 2.24) is 9.99 Å². The minimum Gasteiger partial charge on any atom is -0.497 e. The lowest BCUT2D eigenvalue weighted by Gasteiger charge is -2.22. The minimum absolute atomic E-state index is 0.243. The topological polar surface area (TPSA) is 74.8 Å². The number of pyridine rings is 1. The Morgan fingerprint density at radius 2 is 1.62 bits per heavy atom. The van der Waals surface area contributed by atoms with Gasteiger partial charge in [-0.2, -0.15) is 5.10 Å². The minimum atomic E-state index is -0.364. The zero-order valence-corrected chi connectivity index (χ0v) is 22.7. The van der Waals surface area contributed by atoms with Gasteiger partial charge in [-0.1, -0.05) is 76.6 Å². The normalized spacial score (nSPS) is 14.9. The van der Waals surface area contributed by atoms with E-state index in [0.29, 0.717) is 29.0 Å². The number of hydrogen-bond donors (Lipinski definition) is 1. The van der Waals surface area contributed by atoms with Crippen LogP contribution in [0.15, 0.2) is 117 Å². The Balaban J connectivity index is 1.55. The number of hydrazone groups is 1. The molecule has 0 fully saturated rings. The second kappa shape index (κ2) is 10.3. The molecular formula is C32H24BrN3O3. The highest BCUT2D eigenvalue weighted by Gasteiger charge is 2.35. The van der Waals surface area contributed by atoms with Crippen LogP contribution in [0, 0.1) is 0 Å². The molecule has 0 spiro atoms. The summed E-state index contributed by atoms with van der Waals surface area (Å²) in [7, 11) is 1.59. The van der Waals surface area contributed by atoms with Gasteiger partial charge >= 0.3 is 0 Å². The molecule has 1 aliphatic rings. The first-order chi connectivity index (χ1) is 19.0. The summed E-state index contributed by atoms with van der Waals surface area (Å²) in [4.78, 5) is 30.5. The van der Waals surface area contributed by atoms with Crippen LogP contribution in [0.4, 0.5) is 0 Å². The summed E-state index contributed by atoms with van der Waals surface area (Å²) in [5.74, 6) is 0.417. The van der Waals surface area contributed by atoms with E-state index in [1.165, 1.54) is 5.01 Å². The Morgan fingerprint density at radius 3 is 2.31 bits per heavy atom. The van der Waals surface area contributed by atoms with Crippen molar-refractivity contribution >= 4 is 38.5 Å². The van der Waals surface area contributed by atoms with E-state index in [4.69, 9.17) is 9.84 Å². The van der Waals surface area contributed by atoms with E-state index >= 15 is 0 Å². The number of carbonyl (C=O) groups excluding carboxylic acids is 1. The fraction of sp³-hybridized carbons (Fsp3) is 0.0938. The molecule has 7 heteroatoms. The van der Waals surface area contributed by atoms with Crippen LogP contribution in [0.1, 0.15) is 33.9 Å². The number of H-pyrrole nitrogens is 1. The molecule has 6 rings (SSSR count). The van der Waals surface area contributed by atoms with Crippen LogP contribution >= 0.6 is 15.9 Å². The van der Waals surface area contributed by atoms with Gasteiger partial charge in [-0.25, -0.2) is 5.01 Å². The van der Waals surface area contributed by atoms with Crippen molar-refractivity contribution in [2.75, 3.05) is 7.11 Å². The molecule has 1 N–H and O–H groups in total. The largest absolute Gasteiger partial charge is 0.497 e. The molecule has 0 bridgehead atoms. The average Bonchev–Trinajstić information content (AvgIpc) is 3.42. The number of hydrogen-bond acceptors (Lipinski definition) is 4. The second-order valence-corrected chi connectivity index (χ2v) is 10.2. The lowest BCUT2D eigenvalue weighted by molar-refractivity contribution is 0.0711. The van der Waals surface area contributed by atoms with Gasteiger partial charge in [0.15, 0.2) is 0 Å². The van der Waals surface area contributed by atoms with Crippen LogP contribution in [-0.4, -0.2) is 28.7 Å². The van der Waals surface area contributed by atoms with E-state index in [9.17, 15) is 9.59 Å². The number of amides is 1. The number of carbonyl (C=O) groups is 1. The molecule has 5 aromatic rings. The fourth-order valence-corrected chi connectivity index (χ4v) is 5.46. The number of ether oxygens (including phenoxy) is 1. The molecule has 1 atom stereocenters. The summed E-state index contributed by atoms with van der Waals surface area (Å²) in [6.45, 7) is 0. The number of rotatable bonds is 5. The average molecular weight is 578 g/mol. The van der Waals surface area contributed by atoms with Gasteiger partial charge in [0, 0.05) is 32.9 Å². The summed E-state index contributed by atoms with van der Waals surface area (Å²) in [5, 5.41) is 7.25. The van der Waals surface area contributed by atoms with Crippen LogP contribution < -0.4 is 10.3 Å². The van der Waals surface area contributed by atoms with Gasteiger partial charge in [-0.3, -0.25) is 9.59 Å².